The van der Waals surface area contributed by atoms with Gasteiger partial charge in [-0.15, -0.1) is 0 Å². The molecule has 0 atom stereocenters. The van der Waals surface area contributed by atoms with Crippen LogP contribution < -0.4 is 11.3 Å². The molecule has 0 spiro atoms. The van der Waals surface area contributed by atoms with E-state index in [9.17, 15) is 4.79 Å². The topological polar surface area (TPSA) is 71.9 Å². The molecule has 6 heteroatoms. The van der Waals surface area contributed by atoms with Crippen LogP contribution in [0, 0.1) is 5.41 Å². The molecule has 0 unspecified atom stereocenters. The van der Waals surface area contributed by atoms with Crippen LogP contribution in [-0.2, 0) is 6.54 Å². The lowest BCUT2D eigenvalue weighted by molar-refractivity contribution is 0.734. The van der Waals surface area contributed by atoms with Gasteiger partial charge in [-0.1, -0.05) is 23.2 Å². The van der Waals surface area contributed by atoms with Crippen LogP contribution in [0.1, 0.15) is 12.5 Å². The van der Waals surface area contributed by atoms with Gasteiger partial charge in [-0.05, 0) is 37.3 Å². The Morgan fingerprint density at radius 3 is 2.60 bits per heavy atom. The van der Waals surface area contributed by atoms with E-state index in [1.807, 2.05) is 6.92 Å². The molecule has 0 aliphatic heterocycles. The van der Waals surface area contributed by atoms with Crippen molar-refractivity contribution in [1.82, 2.24) is 4.57 Å². The second-order valence-corrected chi connectivity index (χ2v) is 5.06. The lowest BCUT2D eigenvalue weighted by Crippen LogP contribution is -2.30. The van der Waals surface area contributed by atoms with Crippen molar-refractivity contribution >= 4 is 29.0 Å². The maximum Gasteiger partial charge on any atom is 0.261 e. The van der Waals surface area contributed by atoms with E-state index in [-0.39, 0.29) is 17.0 Å². The first-order valence-electron chi connectivity index (χ1n) is 5.99. The van der Waals surface area contributed by atoms with Crippen LogP contribution >= 0.6 is 23.2 Å². The van der Waals surface area contributed by atoms with Crippen LogP contribution in [0.3, 0.4) is 0 Å². The standard InChI is InChI=1S/C14H13Cl2N3O/c1-2-19-12(6-4-9(13(17)18)14(19)20)10-7-8(15)3-5-11(10)16/h3-7H,2H2,1H3,(H3,17,18). The average Bonchev–Trinajstić information content (AvgIpc) is 2.40. The van der Waals surface area contributed by atoms with Gasteiger partial charge in [0.25, 0.3) is 5.56 Å². The molecule has 0 aliphatic carbocycles. The van der Waals surface area contributed by atoms with Gasteiger partial charge in [0, 0.05) is 22.2 Å². The highest BCUT2D eigenvalue weighted by Crippen LogP contribution is 2.30. The minimum absolute atomic E-state index is 0.175. The first kappa shape index (κ1) is 14.6. The fourth-order valence-electron chi connectivity index (χ4n) is 2.03. The van der Waals surface area contributed by atoms with E-state index in [0.717, 1.165) is 0 Å². The summed E-state index contributed by atoms with van der Waals surface area (Å²) in [6.07, 6.45) is 0. The lowest BCUT2D eigenvalue weighted by Gasteiger charge is -2.14. The van der Waals surface area contributed by atoms with Crippen molar-refractivity contribution in [2.24, 2.45) is 5.73 Å². The van der Waals surface area contributed by atoms with Crippen LogP contribution in [-0.4, -0.2) is 10.4 Å². The molecule has 0 amide bonds. The predicted octanol–water partition coefficient (Wildman–Crippen LogP) is 3.13. The number of aromatic nitrogens is 1. The summed E-state index contributed by atoms with van der Waals surface area (Å²) in [5, 5.41) is 8.46. The van der Waals surface area contributed by atoms with Gasteiger partial charge in [0.05, 0.1) is 11.3 Å². The zero-order chi connectivity index (χ0) is 14.9. The van der Waals surface area contributed by atoms with Gasteiger partial charge in [-0.2, -0.15) is 0 Å². The number of halogens is 2. The molecule has 20 heavy (non-hydrogen) atoms. The van der Waals surface area contributed by atoms with Crippen LogP contribution in [0.4, 0.5) is 0 Å². The second-order valence-electron chi connectivity index (χ2n) is 4.22. The summed E-state index contributed by atoms with van der Waals surface area (Å²) in [5.41, 5.74) is 6.59. The van der Waals surface area contributed by atoms with Crippen molar-refractivity contribution in [3.63, 3.8) is 0 Å². The van der Waals surface area contributed by atoms with E-state index in [1.165, 1.54) is 10.6 Å². The average molecular weight is 310 g/mol. The summed E-state index contributed by atoms with van der Waals surface area (Å²) in [6.45, 7) is 2.28. The Hall–Kier alpha value is -1.78. The number of nitrogen functional groups attached to an aromatic ring is 1. The number of benzene rings is 1. The van der Waals surface area contributed by atoms with Crippen LogP contribution in [0.2, 0.25) is 10.0 Å². The van der Waals surface area contributed by atoms with Crippen LogP contribution in [0.25, 0.3) is 11.3 Å². The molecule has 1 aromatic carbocycles. The van der Waals surface area contributed by atoms with Gasteiger partial charge < -0.3 is 10.3 Å². The Labute approximate surface area is 126 Å². The highest BCUT2D eigenvalue weighted by atomic mass is 35.5. The quantitative estimate of drug-likeness (QED) is 0.675. The molecule has 0 bridgehead atoms. The monoisotopic (exact) mass is 309 g/mol. The highest BCUT2D eigenvalue weighted by Gasteiger charge is 2.13. The van der Waals surface area contributed by atoms with Crippen molar-refractivity contribution in [3.05, 3.63) is 56.3 Å². The van der Waals surface area contributed by atoms with Gasteiger partial charge in [-0.25, -0.2) is 0 Å². The molecule has 0 aliphatic rings. The SMILES string of the molecule is CCn1c(-c2cc(Cl)ccc2Cl)ccc(C(=N)N)c1=O. The molecule has 104 valence electrons. The fraction of sp³-hybridized carbons (Fsp3) is 0.143. The summed E-state index contributed by atoms with van der Waals surface area (Å²) in [4.78, 5) is 12.3. The van der Waals surface area contributed by atoms with Crippen LogP contribution in [0.15, 0.2) is 35.1 Å². The Bertz CT molecular complexity index is 738. The molecule has 1 aromatic heterocycles. The largest absolute Gasteiger partial charge is 0.384 e. The van der Waals surface area contributed by atoms with Crippen molar-refractivity contribution in [2.45, 2.75) is 13.5 Å². The molecule has 0 saturated heterocycles. The zero-order valence-corrected chi connectivity index (χ0v) is 12.3. The van der Waals surface area contributed by atoms with E-state index in [1.54, 1.807) is 24.3 Å². The Kier molecular flexibility index (Phi) is 4.16. The Balaban J connectivity index is 2.75. The van der Waals surface area contributed by atoms with Gasteiger partial charge in [0.1, 0.15) is 5.84 Å². The molecule has 4 nitrogen and oxygen atoms in total. The first-order valence-corrected chi connectivity index (χ1v) is 6.75. The lowest BCUT2D eigenvalue weighted by atomic mass is 10.1. The van der Waals surface area contributed by atoms with Gasteiger partial charge >= 0.3 is 0 Å². The number of nitrogens with one attached hydrogen (secondary N) is 1. The second kappa shape index (κ2) is 5.69. The van der Waals surface area contributed by atoms with Gasteiger partial charge in [0.15, 0.2) is 0 Å². The molecule has 0 saturated carbocycles. The summed E-state index contributed by atoms with van der Waals surface area (Å²) in [5.74, 6) is -0.249. The number of nitrogens with zero attached hydrogens (tertiary/aromatic N) is 1. The van der Waals surface area contributed by atoms with E-state index in [0.29, 0.717) is 27.8 Å². The third-order valence-corrected chi connectivity index (χ3v) is 3.55. The van der Waals surface area contributed by atoms with Crippen LogP contribution in [0.5, 0.6) is 0 Å². The maximum absolute atomic E-state index is 12.3. The Morgan fingerprint density at radius 2 is 2.00 bits per heavy atom. The minimum atomic E-state index is -0.312. The number of rotatable bonds is 3. The van der Waals surface area contributed by atoms with E-state index >= 15 is 0 Å². The molecular weight excluding hydrogens is 297 g/mol. The summed E-state index contributed by atoms with van der Waals surface area (Å²) in [7, 11) is 0. The summed E-state index contributed by atoms with van der Waals surface area (Å²) >= 11 is 12.2. The number of amidine groups is 1. The molecule has 0 fully saturated rings. The molecular formula is C14H13Cl2N3O. The zero-order valence-electron chi connectivity index (χ0n) is 10.8. The minimum Gasteiger partial charge on any atom is -0.384 e. The highest BCUT2D eigenvalue weighted by molar-refractivity contribution is 6.35. The third-order valence-electron chi connectivity index (χ3n) is 2.98. The molecule has 1 heterocycles. The van der Waals surface area contributed by atoms with Crippen molar-refractivity contribution in [3.8, 4) is 11.3 Å². The smallest absolute Gasteiger partial charge is 0.261 e. The van der Waals surface area contributed by atoms with E-state index in [2.05, 4.69) is 0 Å². The predicted molar refractivity (Wildman–Crippen MR) is 82.8 cm³/mol. The van der Waals surface area contributed by atoms with Crippen molar-refractivity contribution < 1.29 is 0 Å². The number of hydrogen-bond donors (Lipinski definition) is 2. The fourth-order valence-corrected chi connectivity index (χ4v) is 2.41. The van der Waals surface area contributed by atoms with Crippen molar-refractivity contribution in [1.29, 1.82) is 5.41 Å². The molecule has 0 radical (unpaired) electrons. The normalized spacial score (nSPS) is 10.6. The van der Waals surface area contributed by atoms with E-state index < -0.39 is 0 Å². The first-order chi connectivity index (χ1) is 9.45. The molecule has 2 aromatic rings. The van der Waals surface area contributed by atoms with Gasteiger partial charge in [0.2, 0.25) is 0 Å². The molecule has 2 rings (SSSR count). The maximum atomic E-state index is 12.3. The number of hydrogen-bond acceptors (Lipinski definition) is 2. The number of nitrogens with two attached hydrogens (primary N) is 1. The van der Waals surface area contributed by atoms with Gasteiger partial charge in [-0.3, -0.25) is 10.2 Å². The summed E-state index contributed by atoms with van der Waals surface area (Å²) < 4.78 is 1.52. The van der Waals surface area contributed by atoms with E-state index in [4.69, 9.17) is 34.3 Å². The third kappa shape index (κ3) is 2.57. The summed E-state index contributed by atoms with van der Waals surface area (Å²) in [6, 6.07) is 8.33. The van der Waals surface area contributed by atoms with Crippen molar-refractivity contribution in [2.75, 3.05) is 0 Å². The number of pyridine rings is 1. The molecule has 3 N–H and O–H groups in total. The Morgan fingerprint density at radius 1 is 1.30 bits per heavy atom.